The van der Waals surface area contributed by atoms with Crippen LogP contribution in [0.2, 0.25) is 0 Å². The Morgan fingerprint density at radius 3 is 2.76 bits per heavy atom. The number of benzene rings is 1. The zero-order valence-corrected chi connectivity index (χ0v) is 19.5. The molecule has 0 amide bonds. The normalized spacial score (nSPS) is 17.1. The van der Waals surface area contributed by atoms with Gasteiger partial charge in [0.15, 0.2) is 11.5 Å². The number of aromatic nitrogens is 6. The molecule has 34 heavy (non-hydrogen) atoms. The van der Waals surface area contributed by atoms with E-state index in [4.69, 9.17) is 10.8 Å². The third-order valence-electron chi connectivity index (χ3n) is 6.79. The third-order valence-corrected chi connectivity index (χ3v) is 6.79. The number of fused-ring (bicyclic) bond motifs is 7. The van der Waals surface area contributed by atoms with Crippen molar-refractivity contribution in [3.05, 3.63) is 53.1 Å². The second-order valence-corrected chi connectivity index (χ2v) is 9.56. The molecular weight excluding hydrogens is 431 g/mol. The van der Waals surface area contributed by atoms with Crippen molar-refractivity contribution >= 4 is 17.2 Å². The number of halogens is 1. The van der Waals surface area contributed by atoms with Crippen molar-refractivity contribution in [3.63, 3.8) is 0 Å². The van der Waals surface area contributed by atoms with Gasteiger partial charge in [0.1, 0.15) is 5.82 Å². The van der Waals surface area contributed by atoms with Crippen LogP contribution in [0.5, 0.6) is 0 Å². The summed E-state index contributed by atoms with van der Waals surface area (Å²) in [6.07, 6.45) is 4.35. The molecule has 9 heteroatoms. The largest absolute Gasteiger partial charge is 0.399 e. The SMILES string of the molecule is Cc1nn(CC2CC2)c2c1Nc1nn(C)nc1-c1ncc(F)cc1[C@H](C)Cc1cc-2ccc1N. The van der Waals surface area contributed by atoms with Crippen LogP contribution in [0.4, 0.5) is 21.6 Å². The van der Waals surface area contributed by atoms with Crippen molar-refractivity contribution < 1.29 is 4.39 Å². The van der Waals surface area contributed by atoms with Gasteiger partial charge in [-0.1, -0.05) is 13.0 Å². The van der Waals surface area contributed by atoms with E-state index in [2.05, 4.69) is 38.2 Å². The van der Waals surface area contributed by atoms with Crippen LogP contribution in [0.25, 0.3) is 22.6 Å². The lowest BCUT2D eigenvalue weighted by atomic mass is 9.89. The molecule has 1 aliphatic carbocycles. The Labute approximate surface area is 197 Å². The molecule has 174 valence electrons. The van der Waals surface area contributed by atoms with Crippen LogP contribution in [0.15, 0.2) is 30.5 Å². The second-order valence-electron chi connectivity index (χ2n) is 9.56. The predicted molar refractivity (Wildman–Crippen MR) is 129 cm³/mol. The maximum atomic E-state index is 14.3. The van der Waals surface area contributed by atoms with Gasteiger partial charge in [-0.2, -0.15) is 9.90 Å². The number of pyridine rings is 1. The first-order chi connectivity index (χ1) is 16.4. The average molecular weight is 459 g/mol. The third kappa shape index (κ3) is 3.52. The van der Waals surface area contributed by atoms with E-state index in [0.29, 0.717) is 29.5 Å². The number of hydrogen-bond donors (Lipinski definition) is 2. The van der Waals surface area contributed by atoms with E-state index in [9.17, 15) is 4.39 Å². The maximum Gasteiger partial charge on any atom is 0.182 e. The summed E-state index contributed by atoms with van der Waals surface area (Å²) in [5.74, 6) is 0.817. The molecule has 2 aliphatic rings. The fourth-order valence-electron chi connectivity index (χ4n) is 4.87. The molecule has 1 aromatic carbocycles. The first kappa shape index (κ1) is 20.8. The maximum absolute atomic E-state index is 14.3. The van der Waals surface area contributed by atoms with Crippen LogP contribution >= 0.6 is 0 Å². The molecule has 0 radical (unpaired) electrons. The van der Waals surface area contributed by atoms with Gasteiger partial charge in [0.2, 0.25) is 0 Å². The fourth-order valence-corrected chi connectivity index (χ4v) is 4.87. The van der Waals surface area contributed by atoms with Gasteiger partial charge in [0.05, 0.1) is 29.0 Å². The number of nitrogens with zero attached hydrogens (tertiary/aromatic N) is 6. The molecule has 6 rings (SSSR count). The van der Waals surface area contributed by atoms with Gasteiger partial charge in [-0.25, -0.2) is 4.39 Å². The monoisotopic (exact) mass is 458 g/mol. The van der Waals surface area contributed by atoms with Crippen LogP contribution < -0.4 is 11.1 Å². The van der Waals surface area contributed by atoms with E-state index in [0.717, 1.165) is 46.0 Å². The van der Waals surface area contributed by atoms with Crippen molar-refractivity contribution in [1.29, 1.82) is 0 Å². The molecule has 3 N–H and O–H groups in total. The number of nitrogens with one attached hydrogen (secondary N) is 1. The predicted octanol–water partition coefficient (Wildman–Crippen LogP) is 4.58. The standard InChI is InChI=1S/C25H27FN8/c1-13-8-17-9-16(6-7-20(17)27)24-21(14(2)30-34(24)12-15-4-5-15)29-25-23(31-33(3)32-25)22-19(13)10-18(26)11-28-22/h6-7,9-11,13,15H,4-5,8,12,27H2,1-3H3,(H,29,32)/t13-/m1/s1. The molecule has 3 aromatic heterocycles. The summed E-state index contributed by atoms with van der Waals surface area (Å²) < 4.78 is 16.4. The van der Waals surface area contributed by atoms with Gasteiger partial charge < -0.3 is 11.1 Å². The topological polar surface area (TPSA) is 99.5 Å². The Morgan fingerprint density at radius 1 is 1.15 bits per heavy atom. The smallest absolute Gasteiger partial charge is 0.182 e. The molecule has 0 unspecified atom stereocenters. The van der Waals surface area contributed by atoms with Crippen LogP contribution in [0.3, 0.4) is 0 Å². The minimum Gasteiger partial charge on any atom is -0.399 e. The molecule has 1 aliphatic heterocycles. The number of rotatable bonds is 2. The highest BCUT2D eigenvalue weighted by molar-refractivity contribution is 5.84. The van der Waals surface area contributed by atoms with Gasteiger partial charge in [0.25, 0.3) is 0 Å². The van der Waals surface area contributed by atoms with Crippen LogP contribution in [-0.2, 0) is 20.0 Å². The first-order valence-corrected chi connectivity index (χ1v) is 11.7. The molecule has 8 nitrogen and oxygen atoms in total. The lowest BCUT2D eigenvalue weighted by molar-refractivity contribution is 0.565. The molecule has 4 heterocycles. The molecule has 2 bridgehead atoms. The number of anilines is 3. The van der Waals surface area contributed by atoms with E-state index >= 15 is 0 Å². The molecule has 1 saturated carbocycles. The zero-order chi connectivity index (χ0) is 23.6. The minimum absolute atomic E-state index is 0.0392. The highest BCUT2D eigenvalue weighted by atomic mass is 19.1. The zero-order valence-electron chi connectivity index (χ0n) is 19.5. The summed E-state index contributed by atoms with van der Waals surface area (Å²) in [5, 5.41) is 17.6. The van der Waals surface area contributed by atoms with Crippen molar-refractivity contribution in [2.24, 2.45) is 13.0 Å². The number of nitrogens with two attached hydrogens (primary N) is 1. The number of aryl methyl sites for hydroxylation is 2. The number of nitrogen functional groups attached to an aromatic ring is 1. The molecule has 1 atom stereocenters. The Balaban J connectivity index is 1.62. The van der Waals surface area contributed by atoms with Gasteiger partial charge in [-0.3, -0.25) is 9.67 Å². The van der Waals surface area contributed by atoms with Gasteiger partial charge in [-0.05, 0) is 67.3 Å². The summed E-state index contributed by atoms with van der Waals surface area (Å²) in [7, 11) is 1.77. The molecule has 1 fully saturated rings. The van der Waals surface area contributed by atoms with E-state index in [1.165, 1.54) is 23.8 Å². The first-order valence-electron chi connectivity index (χ1n) is 11.7. The summed E-state index contributed by atoms with van der Waals surface area (Å²) >= 11 is 0. The molecule has 4 aromatic rings. The van der Waals surface area contributed by atoms with Crippen molar-refractivity contribution in [1.82, 2.24) is 29.8 Å². The quantitative estimate of drug-likeness (QED) is 0.427. The molecule has 0 saturated heterocycles. The summed E-state index contributed by atoms with van der Waals surface area (Å²) in [5.41, 5.74) is 13.9. The Morgan fingerprint density at radius 2 is 1.97 bits per heavy atom. The Kier molecular flexibility index (Phi) is 4.68. The van der Waals surface area contributed by atoms with Crippen molar-refractivity contribution in [3.8, 4) is 22.6 Å². The van der Waals surface area contributed by atoms with E-state index in [-0.39, 0.29) is 11.7 Å². The number of hydrogen-bond acceptors (Lipinski definition) is 6. The lowest BCUT2D eigenvalue weighted by Gasteiger charge is -2.19. The van der Waals surface area contributed by atoms with Crippen molar-refractivity contribution in [2.75, 3.05) is 11.1 Å². The van der Waals surface area contributed by atoms with Gasteiger partial charge in [0, 0.05) is 24.8 Å². The van der Waals surface area contributed by atoms with E-state index in [1.54, 1.807) is 13.1 Å². The van der Waals surface area contributed by atoms with Crippen LogP contribution in [0, 0.1) is 18.7 Å². The second kappa shape index (κ2) is 7.65. The van der Waals surface area contributed by atoms with Crippen molar-refractivity contribution in [2.45, 2.75) is 45.6 Å². The van der Waals surface area contributed by atoms with E-state index in [1.807, 2.05) is 19.1 Å². The molecular formula is C25H27FN8. The van der Waals surface area contributed by atoms with Crippen LogP contribution in [-0.4, -0.2) is 29.8 Å². The summed E-state index contributed by atoms with van der Waals surface area (Å²) in [4.78, 5) is 5.97. The highest BCUT2D eigenvalue weighted by Gasteiger charge is 2.29. The van der Waals surface area contributed by atoms with Gasteiger partial charge >= 0.3 is 0 Å². The average Bonchev–Trinajstić information content (AvgIpc) is 3.46. The Hall–Kier alpha value is -3.75. The summed E-state index contributed by atoms with van der Waals surface area (Å²) in [6.45, 7) is 4.94. The highest BCUT2D eigenvalue weighted by Crippen LogP contribution is 2.41. The van der Waals surface area contributed by atoms with Crippen LogP contribution in [0.1, 0.15) is 42.5 Å². The fraction of sp³-hybridized carbons (Fsp3) is 0.360. The minimum atomic E-state index is -0.378. The lowest BCUT2D eigenvalue weighted by Crippen LogP contribution is -2.09. The van der Waals surface area contributed by atoms with E-state index < -0.39 is 0 Å². The summed E-state index contributed by atoms with van der Waals surface area (Å²) in [6, 6.07) is 7.69. The molecule has 0 spiro atoms. The van der Waals surface area contributed by atoms with Gasteiger partial charge in [-0.15, -0.1) is 10.2 Å². The Bertz CT molecular complexity index is 1410.